The van der Waals surface area contributed by atoms with Gasteiger partial charge in [-0.25, -0.2) is 4.98 Å². The molecule has 1 fully saturated rings. The van der Waals surface area contributed by atoms with Crippen molar-refractivity contribution >= 4 is 28.8 Å². The molecule has 29 heavy (non-hydrogen) atoms. The van der Waals surface area contributed by atoms with Crippen LogP contribution in [0.15, 0.2) is 23.9 Å². The topological polar surface area (TPSA) is 98.6 Å². The van der Waals surface area contributed by atoms with E-state index < -0.39 is 0 Å². The van der Waals surface area contributed by atoms with Gasteiger partial charge in [0.2, 0.25) is 5.78 Å². The van der Waals surface area contributed by atoms with Crippen LogP contribution in [-0.2, 0) is 27.1 Å². The van der Waals surface area contributed by atoms with Gasteiger partial charge in [0.15, 0.2) is 0 Å². The van der Waals surface area contributed by atoms with E-state index in [-0.39, 0.29) is 29.9 Å². The zero-order valence-electron chi connectivity index (χ0n) is 16.1. The molecule has 1 N–H and O–H groups in total. The number of rotatable bonds is 5. The largest absolute Gasteiger partial charge is 0.507 e. The molecule has 0 radical (unpaired) electrons. The summed E-state index contributed by atoms with van der Waals surface area (Å²) in [5.74, 6) is -0.359. The first-order valence-corrected chi connectivity index (χ1v) is 10.4. The van der Waals surface area contributed by atoms with Crippen molar-refractivity contribution in [2.45, 2.75) is 32.6 Å². The fourth-order valence-electron chi connectivity index (χ4n) is 3.43. The summed E-state index contributed by atoms with van der Waals surface area (Å²) < 4.78 is 10.6. The smallest absolute Gasteiger partial charge is 0.312 e. The quantitative estimate of drug-likeness (QED) is 0.456. The molecule has 2 aromatic rings. The summed E-state index contributed by atoms with van der Waals surface area (Å²) in [6.07, 6.45) is 3.46. The van der Waals surface area contributed by atoms with Crippen molar-refractivity contribution in [1.82, 2.24) is 9.97 Å². The maximum atomic E-state index is 12.9. The lowest BCUT2D eigenvalue weighted by Gasteiger charge is -2.14. The minimum Gasteiger partial charge on any atom is -0.507 e. The number of aromatic nitrogens is 2. The highest BCUT2D eigenvalue weighted by Gasteiger charge is 2.30. The minimum atomic E-state index is -0.347. The SMILES string of the molecule is Cc1ccc(/C(O)=C2\CCc3nc(CC(=O)OCC4CCOC4)sc3C2=O)cn1. The molecule has 1 aliphatic carbocycles. The number of aryl methyl sites for hydroxylation is 2. The third-order valence-corrected chi connectivity index (χ3v) is 6.20. The molecule has 152 valence electrons. The van der Waals surface area contributed by atoms with Crippen molar-refractivity contribution in [2.75, 3.05) is 19.8 Å². The van der Waals surface area contributed by atoms with Gasteiger partial charge >= 0.3 is 5.97 Å². The molecule has 2 aliphatic rings. The Labute approximate surface area is 172 Å². The van der Waals surface area contributed by atoms with Crippen LogP contribution in [0.25, 0.3) is 5.76 Å². The lowest BCUT2D eigenvalue weighted by molar-refractivity contribution is -0.144. The van der Waals surface area contributed by atoms with E-state index in [9.17, 15) is 14.7 Å². The van der Waals surface area contributed by atoms with E-state index in [1.54, 1.807) is 18.3 Å². The number of thiazole rings is 1. The van der Waals surface area contributed by atoms with Crippen LogP contribution in [0.1, 0.15) is 44.5 Å². The Hall–Kier alpha value is -2.58. The van der Waals surface area contributed by atoms with Gasteiger partial charge in [-0.15, -0.1) is 11.3 Å². The fraction of sp³-hybridized carbons (Fsp3) is 0.429. The van der Waals surface area contributed by atoms with E-state index in [1.807, 2.05) is 6.92 Å². The third kappa shape index (κ3) is 4.38. The molecular formula is C21H22N2O5S. The molecular weight excluding hydrogens is 392 g/mol. The molecule has 1 unspecified atom stereocenters. The van der Waals surface area contributed by atoms with Crippen molar-refractivity contribution in [3.05, 3.63) is 50.7 Å². The van der Waals surface area contributed by atoms with Crippen molar-refractivity contribution in [2.24, 2.45) is 5.92 Å². The number of allylic oxidation sites excluding steroid dienone is 1. The molecule has 0 saturated carbocycles. The van der Waals surface area contributed by atoms with Gasteiger partial charge in [-0.3, -0.25) is 14.6 Å². The monoisotopic (exact) mass is 414 g/mol. The van der Waals surface area contributed by atoms with Gasteiger partial charge < -0.3 is 14.6 Å². The zero-order valence-corrected chi connectivity index (χ0v) is 17.0. The maximum absolute atomic E-state index is 12.9. The van der Waals surface area contributed by atoms with Crippen LogP contribution in [0.3, 0.4) is 0 Å². The van der Waals surface area contributed by atoms with Gasteiger partial charge in [-0.1, -0.05) is 0 Å². The van der Waals surface area contributed by atoms with Gasteiger partial charge in [0, 0.05) is 35.6 Å². The molecule has 0 bridgehead atoms. The Morgan fingerprint density at radius 2 is 2.24 bits per heavy atom. The number of hydrogen-bond acceptors (Lipinski definition) is 8. The van der Waals surface area contributed by atoms with Crippen LogP contribution in [0.4, 0.5) is 0 Å². The van der Waals surface area contributed by atoms with E-state index in [4.69, 9.17) is 9.47 Å². The molecule has 0 spiro atoms. The van der Waals surface area contributed by atoms with Crippen molar-refractivity contribution in [1.29, 1.82) is 0 Å². The first-order valence-electron chi connectivity index (χ1n) is 9.63. The number of Topliss-reactive ketones (excluding diaryl/α,β-unsaturated/α-hetero) is 1. The summed E-state index contributed by atoms with van der Waals surface area (Å²) in [4.78, 5) is 34.1. The zero-order chi connectivity index (χ0) is 20.4. The van der Waals surface area contributed by atoms with Gasteiger partial charge in [-0.2, -0.15) is 0 Å². The van der Waals surface area contributed by atoms with Crippen LogP contribution in [-0.4, -0.2) is 46.6 Å². The predicted molar refractivity (Wildman–Crippen MR) is 107 cm³/mol. The maximum Gasteiger partial charge on any atom is 0.312 e. The number of aliphatic hydroxyl groups excluding tert-OH is 1. The lowest BCUT2D eigenvalue weighted by atomic mass is 9.93. The van der Waals surface area contributed by atoms with Gasteiger partial charge in [0.1, 0.15) is 10.8 Å². The summed E-state index contributed by atoms with van der Waals surface area (Å²) in [5, 5.41) is 11.1. The van der Waals surface area contributed by atoms with Gasteiger partial charge in [0.05, 0.1) is 30.2 Å². The molecule has 2 aromatic heterocycles. The first-order chi connectivity index (χ1) is 14.0. The van der Waals surface area contributed by atoms with Crippen LogP contribution < -0.4 is 0 Å². The van der Waals surface area contributed by atoms with Crippen LogP contribution in [0.2, 0.25) is 0 Å². The summed E-state index contributed by atoms with van der Waals surface area (Å²) in [6, 6.07) is 3.54. The Balaban J connectivity index is 1.45. The molecule has 8 heteroatoms. The molecule has 7 nitrogen and oxygen atoms in total. The second kappa shape index (κ2) is 8.42. The average molecular weight is 414 g/mol. The van der Waals surface area contributed by atoms with Gasteiger partial charge in [0.25, 0.3) is 0 Å². The summed E-state index contributed by atoms with van der Waals surface area (Å²) in [7, 11) is 0. The normalized spacial score (nSPS) is 20.4. The minimum absolute atomic E-state index is 0.0405. The number of ether oxygens (including phenoxy) is 2. The van der Waals surface area contributed by atoms with Crippen molar-refractivity contribution < 1.29 is 24.2 Å². The number of hydrogen-bond donors (Lipinski definition) is 1. The van der Waals surface area contributed by atoms with E-state index in [0.29, 0.717) is 59.4 Å². The number of nitrogens with zero attached hydrogens (tertiary/aromatic N) is 2. The Morgan fingerprint density at radius 1 is 1.38 bits per heavy atom. The molecule has 1 saturated heterocycles. The van der Waals surface area contributed by atoms with Crippen molar-refractivity contribution in [3.8, 4) is 0 Å². The molecule has 0 amide bonds. The Kier molecular flexibility index (Phi) is 5.73. The van der Waals surface area contributed by atoms with Crippen LogP contribution in [0.5, 0.6) is 0 Å². The molecule has 4 rings (SSSR count). The number of ketones is 1. The Morgan fingerprint density at radius 3 is 2.97 bits per heavy atom. The number of carbonyl (C=O) groups is 2. The van der Waals surface area contributed by atoms with E-state index in [1.165, 1.54) is 11.3 Å². The molecule has 1 aliphatic heterocycles. The predicted octanol–water partition coefficient (Wildman–Crippen LogP) is 3.07. The molecule has 3 heterocycles. The van der Waals surface area contributed by atoms with Crippen LogP contribution in [0, 0.1) is 12.8 Å². The average Bonchev–Trinajstić information content (AvgIpc) is 3.36. The highest BCUT2D eigenvalue weighted by molar-refractivity contribution is 7.14. The first kappa shape index (κ1) is 19.7. The second-order valence-electron chi connectivity index (χ2n) is 7.32. The fourth-order valence-corrected chi connectivity index (χ4v) is 4.49. The standard InChI is InChI=1S/C21H22N2O5S/c1-12-2-3-14(9-22-12)19(25)15-4-5-16-21(20(15)26)29-17(23-16)8-18(24)28-11-13-6-7-27-10-13/h2-3,9,13,25H,4-8,10-11H2,1H3/b19-15-. The number of carbonyl (C=O) groups excluding carboxylic acids is 2. The lowest BCUT2D eigenvalue weighted by Crippen LogP contribution is -2.15. The number of esters is 1. The van der Waals surface area contributed by atoms with E-state index in [0.717, 1.165) is 12.1 Å². The highest BCUT2D eigenvalue weighted by atomic mass is 32.1. The highest BCUT2D eigenvalue weighted by Crippen LogP contribution is 2.33. The van der Waals surface area contributed by atoms with E-state index >= 15 is 0 Å². The van der Waals surface area contributed by atoms with Crippen molar-refractivity contribution in [3.63, 3.8) is 0 Å². The summed E-state index contributed by atoms with van der Waals surface area (Å²) >= 11 is 1.20. The summed E-state index contributed by atoms with van der Waals surface area (Å²) in [6.45, 7) is 3.55. The summed E-state index contributed by atoms with van der Waals surface area (Å²) in [5.41, 5.74) is 2.41. The number of aliphatic hydroxyl groups is 1. The number of fused-ring (bicyclic) bond motifs is 1. The van der Waals surface area contributed by atoms with E-state index in [2.05, 4.69) is 9.97 Å². The second-order valence-corrected chi connectivity index (χ2v) is 8.40. The third-order valence-electron chi connectivity index (χ3n) is 5.10. The molecule has 1 atom stereocenters. The number of pyridine rings is 1. The van der Waals surface area contributed by atoms with Crippen LogP contribution >= 0.6 is 11.3 Å². The van der Waals surface area contributed by atoms with Gasteiger partial charge in [-0.05, 0) is 38.3 Å². The molecule has 0 aromatic carbocycles. The Bertz CT molecular complexity index is 958.